The molecule has 0 aromatic heterocycles. The average molecular weight is 386 g/mol. The Morgan fingerprint density at radius 2 is 1.82 bits per heavy atom. The molecule has 1 aromatic carbocycles. The smallest absolute Gasteiger partial charge is 0.325 e. The van der Waals surface area contributed by atoms with Gasteiger partial charge in [0.1, 0.15) is 0 Å². The molecular weight excluding hydrogens is 354 g/mol. The minimum atomic E-state index is -0.467. The Bertz CT molecular complexity index is 721. The summed E-state index contributed by atoms with van der Waals surface area (Å²) < 4.78 is 0. The molecule has 1 fully saturated rings. The molecule has 2 unspecified atom stereocenters. The van der Waals surface area contributed by atoms with E-state index >= 15 is 0 Å². The molecule has 1 saturated heterocycles. The lowest BCUT2D eigenvalue weighted by molar-refractivity contribution is -0.127. The topological polar surface area (TPSA) is 68.2 Å². The number of carbonyl (C=O) groups is 2. The number of urea groups is 1. The van der Waals surface area contributed by atoms with Crippen LogP contribution in [0.15, 0.2) is 35.3 Å². The van der Waals surface area contributed by atoms with E-state index in [0.29, 0.717) is 6.54 Å². The predicted molar refractivity (Wildman–Crippen MR) is 110 cm³/mol. The molecule has 3 amide bonds. The Labute approximate surface area is 167 Å². The van der Waals surface area contributed by atoms with Crippen LogP contribution in [-0.4, -0.2) is 65.4 Å². The molecule has 0 saturated carbocycles. The molecule has 1 aromatic rings. The highest BCUT2D eigenvalue weighted by Crippen LogP contribution is 2.26. The Kier molecular flexibility index (Phi) is 6.54. The van der Waals surface area contributed by atoms with Gasteiger partial charge in [-0.3, -0.25) is 10.1 Å². The van der Waals surface area contributed by atoms with Gasteiger partial charge in [-0.1, -0.05) is 62.9 Å². The normalized spacial score (nSPS) is 21.5. The number of fused-ring (bicyclic) bond motifs is 1. The summed E-state index contributed by atoms with van der Waals surface area (Å²) in [5.41, 5.74) is 1.18. The Morgan fingerprint density at radius 1 is 1.11 bits per heavy atom. The Hall–Kier alpha value is -2.57. The first kappa shape index (κ1) is 20.2. The molecule has 0 radical (unpaired) electrons. The summed E-state index contributed by atoms with van der Waals surface area (Å²) in [6.45, 7) is 3.66. The van der Waals surface area contributed by atoms with Crippen molar-refractivity contribution in [2.75, 3.05) is 20.6 Å². The molecule has 1 N–H and O–H groups in total. The van der Waals surface area contributed by atoms with Crippen LogP contribution in [0.5, 0.6) is 0 Å². The van der Waals surface area contributed by atoms with Crippen molar-refractivity contribution < 1.29 is 9.59 Å². The van der Waals surface area contributed by atoms with Crippen LogP contribution >= 0.6 is 0 Å². The maximum atomic E-state index is 12.6. The summed E-state index contributed by atoms with van der Waals surface area (Å²) in [6, 6.07) is 9.35. The second kappa shape index (κ2) is 9.08. The van der Waals surface area contributed by atoms with E-state index in [1.165, 1.54) is 29.7 Å². The van der Waals surface area contributed by atoms with Crippen LogP contribution < -0.4 is 5.32 Å². The van der Waals surface area contributed by atoms with E-state index in [1.807, 2.05) is 25.2 Å². The Morgan fingerprint density at radius 3 is 2.54 bits per heavy atom. The van der Waals surface area contributed by atoms with Crippen LogP contribution in [-0.2, 0) is 11.3 Å². The van der Waals surface area contributed by atoms with Gasteiger partial charge in [-0.25, -0.2) is 9.79 Å². The number of nitrogens with zero attached hydrogens (tertiary/aromatic N) is 4. The summed E-state index contributed by atoms with van der Waals surface area (Å²) in [4.78, 5) is 35.1. The van der Waals surface area contributed by atoms with E-state index in [0.717, 1.165) is 25.3 Å². The third kappa shape index (κ3) is 4.29. The van der Waals surface area contributed by atoms with Crippen LogP contribution in [0, 0.1) is 0 Å². The fraction of sp³-hybridized carbons (Fsp3) is 0.571. The van der Waals surface area contributed by atoms with Crippen molar-refractivity contribution in [3.05, 3.63) is 35.9 Å². The van der Waals surface area contributed by atoms with E-state index in [1.54, 1.807) is 7.05 Å². The highest BCUT2D eigenvalue weighted by molar-refractivity contribution is 6.03. The number of carbonyl (C=O) groups excluding carboxylic acids is 2. The van der Waals surface area contributed by atoms with Gasteiger partial charge in [-0.2, -0.15) is 0 Å². The molecule has 0 spiro atoms. The van der Waals surface area contributed by atoms with Crippen molar-refractivity contribution in [3.63, 3.8) is 0 Å². The van der Waals surface area contributed by atoms with Gasteiger partial charge in [0.15, 0.2) is 18.2 Å². The summed E-state index contributed by atoms with van der Waals surface area (Å²) in [7, 11) is 3.69. The summed E-state index contributed by atoms with van der Waals surface area (Å²) in [6.07, 6.45) is 5.31. The van der Waals surface area contributed by atoms with E-state index in [-0.39, 0.29) is 11.9 Å². The number of nitrogens with one attached hydrogen (secondary N) is 1. The number of aliphatic imine (C=N–C) groups is 1. The molecule has 0 bridgehead atoms. The number of benzene rings is 1. The largest absolute Gasteiger partial charge is 0.341 e. The first-order valence-electron chi connectivity index (χ1n) is 10.2. The second-order valence-corrected chi connectivity index (χ2v) is 7.64. The number of likely N-dealkylation sites (N-methyl/N-ethyl adjacent to an activating group) is 1. The highest BCUT2D eigenvalue weighted by Gasteiger charge is 2.49. The maximum Gasteiger partial charge on any atom is 0.325 e. The predicted octanol–water partition coefficient (Wildman–Crippen LogP) is 2.64. The van der Waals surface area contributed by atoms with Crippen LogP contribution in [0.2, 0.25) is 0 Å². The standard InChI is InChI=1S/C21H31N5O2/c1-4-5-6-7-11-14-26-17-18(25(3)21(28)23-19(17)27)22-20(26)24(2)15-16-12-9-8-10-13-16/h8-10,12-13,17-18H,4-7,11,14-15H2,1-3H3,(H,23,27,28). The zero-order chi connectivity index (χ0) is 20.1. The first-order valence-corrected chi connectivity index (χ1v) is 10.2. The van der Waals surface area contributed by atoms with E-state index in [2.05, 4.69) is 34.2 Å². The van der Waals surface area contributed by atoms with Gasteiger partial charge >= 0.3 is 6.03 Å². The van der Waals surface area contributed by atoms with Crippen LogP contribution in [0.4, 0.5) is 4.79 Å². The minimum Gasteiger partial charge on any atom is -0.341 e. The minimum absolute atomic E-state index is 0.256. The summed E-state index contributed by atoms with van der Waals surface area (Å²) in [5.74, 6) is 0.527. The molecule has 7 nitrogen and oxygen atoms in total. The van der Waals surface area contributed by atoms with Crippen molar-refractivity contribution in [2.45, 2.75) is 57.8 Å². The number of amides is 3. The van der Waals surface area contributed by atoms with Crippen molar-refractivity contribution in [1.29, 1.82) is 0 Å². The van der Waals surface area contributed by atoms with E-state index in [9.17, 15) is 9.59 Å². The van der Waals surface area contributed by atoms with Gasteiger partial charge in [0.25, 0.3) is 5.91 Å². The molecule has 152 valence electrons. The van der Waals surface area contributed by atoms with E-state index in [4.69, 9.17) is 4.99 Å². The fourth-order valence-electron chi connectivity index (χ4n) is 3.88. The van der Waals surface area contributed by atoms with Gasteiger partial charge in [-0.15, -0.1) is 0 Å². The summed E-state index contributed by atoms with van der Waals surface area (Å²) >= 11 is 0. The van der Waals surface area contributed by atoms with Crippen LogP contribution in [0.25, 0.3) is 0 Å². The number of rotatable bonds is 8. The van der Waals surface area contributed by atoms with Gasteiger partial charge in [-0.05, 0) is 12.0 Å². The molecule has 2 heterocycles. The number of hydrogen-bond donors (Lipinski definition) is 1. The molecule has 28 heavy (non-hydrogen) atoms. The maximum absolute atomic E-state index is 12.6. The highest BCUT2D eigenvalue weighted by atomic mass is 16.2. The number of imide groups is 1. The van der Waals surface area contributed by atoms with Gasteiger partial charge in [0.2, 0.25) is 0 Å². The van der Waals surface area contributed by atoms with Gasteiger partial charge in [0, 0.05) is 27.2 Å². The lowest BCUT2D eigenvalue weighted by Gasteiger charge is -2.37. The molecular formula is C21H31N5O2. The van der Waals surface area contributed by atoms with Gasteiger partial charge in [0.05, 0.1) is 0 Å². The lowest BCUT2D eigenvalue weighted by atomic mass is 10.1. The summed E-state index contributed by atoms with van der Waals surface area (Å²) in [5, 5.41) is 2.46. The molecule has 2 aliphatic heterocycles. The number of hydrogen-bond acceptors (Lipinski definition) is 5. The Balaban J connectivity index is 1.77. The molecule has 3 rings (SSSR count). The quantitative estimate of drug-likeness (QED) is 0.699. The fourth-order valence-corrected chi connectivity index (χ4v) is 3.88. The zero-order valence-electron chi connectivity index (χ0n) is 17.1. The second-order valence-electron chi connectivity index (χ2n) is 7.64. The van der Waals surface area contributed by atoms with Crippen molar-refractivity contribution in [2.24, 2.45) is 4.99 Å². The number of unbranched alkanes of at least 4 members (excludes halogenated alkanes) is 4. The molecule has 0 aliphatic carbocycles. The molecule has 2 aliphatic rings. The first-order chi connectivity index (χ1) is 13.5. The van der Waals surface area contributed by atoms with Crippen molar-refractivity contribution >= 4 is 17.9 Å². The third-order valence-electron chi connectivity index (χ3n) is 5.45. The SMILES string of the molecule is CCCCCCCN1C(N(C)Cc2ccccc2)=NC2C1C(=O)NC(=O)N2C. The van der Waals surface area contributed by atoms with Crippen molar-refractivity contribution in [3.8, 4) is 0 Å². The van der Waals surface area contributed by atoms with E-state index < -0.39 is 12.2 Å². The third-order valence-corrected chi connectivity index (χ3v) is 5.45. The molecule has 7 heteroatoms. The molecule has 2 atom stereocenters. The van der Waals surface area contributed by atoms with Crippen LogP contribution in [0.1, 0.15) is 44.6 Å². The van der Waals surface area contributed by atoms with Crippen molar-refractivity contribution in [1.82, 2.24) is 20.0 Å². The average Bonchev–Trinajstić information content (AvgIpc) is 3.07. The van der Waals surface area contributed by atoms with Crippen LogP contribution in [0.3, 0.4) is 0 Å². The zero-order valence-corrected chi connectivity index (χ0v) is 17.1. The monoisotopic (exact) mass is 385 g/mol. The lowest BCUT2D eigenvalue weighted by Crippen LogP contribution is -2.64. The van der Waals surface area contributed by atoms with Gasteiger partial charge < -0.3 is 14.7 Å². The number of guanidine groups is 1.